The molecule has 1 amide bonds. The van der Waals surface area contributed by atoms with Crippen LogP contribution in [-0.2, 0) is 22.0 Å². The van der Waals surface area contributed by atoms with Gasteiger partial charge in [-0.2, -0.15) is 0 Å². The van der Waals surface area contributed by atoms with E-state index >= 15 is 0 Å². The third kappa shape index (κ3) is 10.2. The van der Waals surface area contributed by atoms with Crippen LogP contribution in [0.4, 0.5) is 4.79 Å². The number of hydrogen-bond donors (Lipinski definition) is 0. The van der Waals surface area contributed by atoms with E-state index in [1.54, 1.807) is 7.05 Å². The van der Waals surface area contributed by atoms with Gasteiger partial charge in [0.25, 0.3) is 0 Å². The summed E-state index contributed by atoms with van der Waals surface area (Å²) in [4.78, 5) is 12.0. The van der Waals surface area contributed by atoms with E-state index in [9.17, 15) is 4.79 Å². The van der Waals surface area contributed by atoms with Gasteiger partial charge in [-0.25, -0.2) is 11.8 Å². The molecule has 3 nitrogen and oxygen atoms in total. The van der Waals surface area contributed by atoms with Crippen LogP contribution in [0.3, 0.4) is 0 Å². The van der Waals surface area contributed by atoms with Crippen LogP contribution in [0.15, 0.2) is 0 Å². The van der Waals surface area contributed by atoms with E-state index in [-0.39, 0.29) is 0 Å². The molecule has 0 unspecified atom stereocenters. The number of carbonyl (C=O) groups is 1. The zero-order chi connectivity index (χ0) is 10.4. The Hall–Kier alpha value is 0.183. The first-order valence-corrected chi connectivity index (χ1v) is 7.27. The van der Waals surface area contributed by atoms with Crippen molar-refractivity contribution in [2.75, 3.05) is 7.05 Å². The molecule has 0 aromatic rings. The zero-order valence-corrected chi connectivity index (χ0v) is 11.8. The standard InChI is InChI=1S/C7H14NO2.ClH.Zn/c1-7(2,3)10-6(9)8(4)5;;/h4H2,1-3,5H3;1H;/q-1;;+2/p-1. The molecule has 0 saturated carbocycles. The summed E-state index contributed by atoms with van der Waals surface area (Å²) in [6.07, 6.45) is -0.410. The molecule has 0 atom stereocenters. The van der Waals surface area contributed by atoms with Gasteiger partial charge in [0.2, 0.25) is 0 Å². The van der Waals surface area contributed by atoms with Crippen LogP contribution in [0.1, 0.15) is 20.8 Å². The van der Waals surface area contributed by atoms with Gasteiger partial charge in [0.1, 0.15) is 5.60 Å². The Kier molecular flexibility index (Phi) is 8.17. The topological polar surface area (TPSA) is 29.5 Å². The second kappa shape index (κ2) is 6.67. The van der Waals surface area contributed by atoms with Gasteiger partial charge in [0.15, 0.2) is 0 Å². The molecule has 68 valence electrons. The fourth-order valence-corrected chi connectivity index (χ4v) is 0.340. The molecule has 0 aliphatic carbocycles. The summed E-state index contributed by atoms with van der Waals surface area (Å²) in [6.45, 7) is 5.44. The van der Waals surface area contributed by atoms with Gasteiger partial charge in [-0.1, -0.05) is 0 Å². The molecule has 0 radical (unpaired) electrons. The number of halogens is 1. The molecule has 0 heterocycles. The van der Waals surface area contributed by atoms with Gasteiger partial charge >= 0.3 is 33.1 Å². The first-order chi connectivity index (χ1) is 5.33. The van der Waals surface area contributed by atoms with Crippen molar-refractivity contribution in [1.82, 2.24) is 4.90 Å². The molecule has 0 fully saturated rings. The summed E-state index contributed by atoms with van der Waals surface area (Å²) in [5, 5.41) is 0. The van der Waals surface area contributed by atoms with E-state index in [1.807, 2.05) is 20.8 Å². The number of rotatable bonds is 0. The number of nitrogens with zero attached hydrogens (tertiary/aromatic N) is 1. The summed E-state index contributed by atoms with van der Waals surface area (Å²) in [7, 11) is 9.69. The Labute approximate surface area is 88.1 Å². The summed E-state index contributed by atoms with van der Waals surface area (Å²) in [5.41, 5.74) is -0.428. The maximum absolute atomic E-state index is 10.8. The van der Waals surface area contributed by atoms with Gasteiger partial charge < -0.3 is 9.64 Å². The second-order valence-corrected chi connectivity index (χ2v) is 3.18. The molecule has 0 aromatic carbocycles. The molecule has 0 bridgehead atoms. The minimum absolute atomic E-state index is 0.410. The van der Waals surface area contributed by atoms with Crippen LogP contribution < -0.4 is 0 Å². The molecular formula is C7H14ClNO2Zn. The van der Waals surface area contributed by atoms with Crippen molar-refractivity contribution < 1.29 is 26.8 Å². The van der Waals surface area contributed by atoms with Gasteiger partial charge in [-0.05, 0) is 27.8 Å². The quantitative estimate of drug-likeness (QED) is 0.484. The van der Waals surface area contributed by atoms with Crippen LogP contribution in [-0.4, -0.2) is 23.6 Å². The first-order valence-electron chi connectivity index (χ1n) is 3.37. The van der Waals surface area contributed by atoms with Crippen LogP contribution in [0.5, 0.6) is 0 Å². The van der Waals surface area contributed by atoms with Crippen molar-refractivity contribution in [3.05, 3.63) is 7.05 Å². The Morgan fingerprint density at radius 1 is 1.50 bits per heavy atom. The normalized spacial score (nSPS) is 9.67. The van der Waals surface area contributed by atoms with Crippen LogP contribution in [0.2, 0.25) is 0 Å². The number of hydrogen-bond acceptors (Lipinski definition) is 2. The molecule has 0 rings (SSSR count). The van der Waals surface area contributed by atoms with Gasteiger partial charge in [0.05, 0.1) is 0 Å². The average Bonchev–Trinajstić information content (AvgIpc) is 1.88. The third-order valence-corrected chi connectivity index (χ3v) is 0.705. The molecule has 12 heavy (non-hydrogen) atoms. The first kappa shape index (κ1) is 14.7. The third-order valence-electron chi connectivity index (χ3n) is 0.705. The summed E-state index contributed by atoms with van der Waals surface area (Å²) in [6, 6.07) is 0. The van der Waals surface area contributed by atoms with Crippen LogP contribution >= 0.6 is 9.69 Å². The van der Waals surface area contributed by atoms with E-state index < -0.39 is 11.7 Å². The van der Waals surface area contributed by atoms with Crippen molar-refractivity contribution in [1.29, 1.82) is 0 Å². The van der Waals surface area contributed by atoms with E-state index in [0.29, 0.717) is 0 Å². The molecule has 0 spiro atoms. The fraction of sp³-hybridized carbons (Fsp3) is 0.714. The Bertz CT molecular complexity index is 134. The van der Waals surface area contributed by atoms with Crippen LogP contribution in [0, 0.1) is 7.05 Å². The van der Waals surface area contributed by atoms with E-state index in [1.165, 1.54) is 0 Å². The summed E-state index contributed by atoms with van der Waals surface area (Å²) < 4.78 is 4.92. The Balaban J connectivity index is 0. The van der Waals surface area contributed by atoms with Gasteiger partial charge in [-0.3, -0.25) is 0 Å². The Morgan fingerprint density at radius 2 is 1.83 bits per heavy atom. The molecule has 0 aliphatic rings. The van der Waals surface area contributed by atoms with Crippen molar-refractivity contribution >= 4 is 15.8 Å². The molecule has 5 heteroatoms. The van der Waals surface area contributed by atoms with E-state index in [2.05, 4.69) is 7.05 Å². The van der Waals surface area contributed by atoms with Gasteiger partial charge in [0, 0.05) is 0 Å². The van der Waals surface area contributed by atoms with E-state index in [4.69, 9.17) is 14.4 Å². The Morgan fingerprint density at radius 3 is 1.92 bits per heavy atom. The summed E-state index contributed by atoms with van der Waals surface area (Å²) >= 11 is 0.847. The second-order valence-electron chi connectivity index (χ2n) is 3.18. The van der Waals surface area contributed by atoms with Crippen LogP contribution in [0.25, 0.3) is 0 Å². The predicted molar refractivity (Wildman–Crippen MR) is 45.2 cm³/mol. The van der Waals surface area contributed by atoms with E-state index in [0.717, 1.165) is 22.2 Å². The zero-order valence-electron chi connectivity index (χ0n) is 8.06. The number of ether oxygens (including phenoxy) is 1. The minimum atomic E-state index is -0.428. The van der Waals surface area contributed by atoms with Gasteiger partial charge in [-0.15, -0.1) is 0 Å². The number of carbonyl (C=O) groups excluding carboxylic acids is 1. The average molecular weight is 245 g/mol. The SMILES string of the molecule is [CH2-]N(C)C(=O)OC(C)(C)C.[Cl][Zn+]. The fourth-order valence-electron chi connectivity index (χ4n) is 0.340. The van der Waals surface area contributed by atoms with Crippen molar-refractivity contribution in [3.63, 3.8) is 0 Å². The predicted octanol–water partition coefficient (Wildman–Crippen LogP) is 2.33. The van der Waals surface area contributed by atoms with Crippen molar-refractivity contribution in [2.24, 2.45) is 0 Å². The molecular weight excluding hydrogens is 231 g/mol. The maximum atomic E-state index is 10.8. The number of amides is 1. The molecule has 0 aromatic heterocycles. The molecule has 0 saturated heterocycles. The molecule has 0 N–H and O–H groups in total. The summed E-state index contributed by atoms with van der Waals surface area (Å²) in [5.74, 6) is 0. The molecule has 0 aliphatic heterocycles. The van der Waals surface area contributed by atoms with Crippen molar-refractivity contribution in [2.45, 2.75) is 26.4 Å². The monoisotopic (exact) mass is 243 g/mol. The van der Waals surface area contributed by atoms with Crippen molar-refractivity contribution in [3.8, 4) is 0 Å².